The number of thiazole rings is 1. The summed E-state index contributed by atoms with van der Waals surface area (Å²) in [5.74, 6) is -0.927. The van der Waals surface area contributed by atoms with Crippen molar-refractivity contribution in [3.63, 3.8) is 0 Å². The molecular weight excluding hydrogens is 303 g/mol. The number of carbonyl (C=O) groups excluding carboxylic acids is 1. The number of aliphatic imine (C=N–C) groups is 1. The molecule has 1 amide bonds. The van der Waals surface area contributed by atoms with Gasteiger partial charge in [-0.15, -0.1) is 0 Å². The Morgan fingerprint density at radius 3 is 2.64 bits per heavy atom. The van der Waals surface area contributed by atoms with Crippen LogP contribution in [0.1, 0.15) is 10.4 Å². The maximum Gasteiger partial charge on any atom is 0.257 e. The van der Waals surface area contributed by atoms with E-state index < -0.39 is 11.7 Å². The van der Waals surface area contributed by atoms with Crippen molar-refractivity contribution in [3.05, 3.63) is 59.9 Å². The number of halogens is 1. The SMILES string of the molecule is N/C(=N\c1nc2ccccc2s1)NC(=O)c1ccc(F)cc1. The number of guanidine groups is 1. The monoisotopic (exact) mass is 314 g/mol. The number of nitrogens with one attached hydrogen (secondary N) is 1. The quantitative estimate of drug-likeness (QED) is 0.564. The van der Waals surface area contributed by atoms with Crippen LogP contribution in [-0.4, -0.2) is 16.9 Å². The van der Waals surface area contributed by atoms with E-state index >= 15 is 0 Å². The number of nitrogens with two attached hydrogens (primary N) is 1. The molecule has 3 aromatic rings. The Hall–Kier alpha value is -2.80. The van der Waals surface area contributed by atoms with Gasteiger partial charge in [0.2, 0.25) is 11.1 Å². The largest absolute Gasteiger partial charge is 0.369 e. The van der Waals surface area contributed by atoms with Gasteiger partial charge in [-0.3, -0.25) is 10.1 Å². The summed E-state index contributed by atoms with van der Waals surface area (Å²) in [6.45, 7) is 0. The minimum atomic E-state index is -0.456. The first-order chi connectivity index (χ1) is 10.6. The predicted octanol–water partition coefficient (Wildman–Crippen LogP) is 2.81. The lowest BCUT2D eigenvalue weighted by atomic mass is 10.2. The number of amides is 1. The smallest absolute Gasteiger partial charge is 0.257 e. The van der Waals surface area contributed by atoms with Crippen LogP contribution in [0.2, 0.25) is 0 Å². The lowest BCUT2D eigenvalue weighted by Crippen LogP contribution is -2.36. The Kier molecular flexibility index (Phi) is 3.80. The van der Waals surface area contributed by atoms with Crippen molar-refractivity contribution >= 4 is 38.6 Å². The van der Waals surface area contributed by atoms with Gasteiger partial charge in [0, 0.05) is 5.56 Å². The van der Waals surface area contributed by atoms with Crippen molar-refractivity contribution in [1.82, 2.24) is 10.3 Å². The number of nitrogens with zero attached hydrogens (tertiary/aromatic N) is 2. The van der Waals surface area contributed by atoms with Crippen molar-refractivity contribution in [2.24, 2.45) is 10.7 Å². The van der Waals surface area contributed by atoms with Crippen molar-refractivity contribution in [2.45, 2.75) is 0 Å². The molecule has 5 nitrogen and oxygen atoms in total. The van der Waals surface area contributed by atoms with Gasteiger partial charge in [-0.2, -0.15) is 4.99 Å². The fraction of sp³-hybridized carbons (Fsp3) is 0. The van der Waals surface area contributed by atoms with Gasteiger partial charge in [0.05, 0.1) is 10.2 Å². The van der Waals surface area contributed by atoms with E-state index in [4.69, 9.17) is 5.73 Å². The molecule has 3 N–H and O–H groups in total. The van der Waals surface area contributed by atoms with Crippen molar-refractivity contribution in [3.8, 4) is 0 Å². The normalized spacial score (nSPS) is 11.6. The molecule has 22 heavy (non-hydrogen) atoms. The molecule has 0 aliphatic rings. The van der Waals surface area contributed by atoms with Gasteiger partial charge in [0.15, 0.2) is 0 Å². The van der Waals surface area contributed by atoms with E-state index in [1.807, 2.05) is 24.3 Å². The van der Waals surface area contributed by atoms with Gasteiger partial charge in [-0.1, -0.05) is 23.5 Å². The molecule has 1 heterocycles. The van der Waals surface area contributed by atoms with Gasteiger partial charge in [0.1, 0.15) is 5.82 Å². The Labute approximate surface area is 129 Å². The Morgan fingerprint density at radius 2 is 1.91 bits per heavy atom. The molecule has 0 fully saturated rings. The number of hydrogen-bond acceptors (Lipinski definition) is 4. The average molecular weight is 314 g/mol. The lowest BCUT2D eigenvalue weighted by molar-refractivity contribution is 0.0976. The minimum Gasteiger partial charge on any atom is -0.369 e. The second-order valence-corrected chi connectivity index (χ2v) is 5.43. The molecular formula is C15H11FN4OS. The highest BCUT2D eigenvalue weighted by Crippen LogP contribution is 2.27. The van der Waals surface area contributed by atoms with Crippen molar-refractivity contribution < 1.29 is 9.18 Å². The van der Waals surface area contributed by atoms with Gasteiger partial charge in [-0.05, 0) is 36.4 Å². The number of rotatable bonds is 2. The van der Waals surface area contributed by atoms with Gasteiger partial charge in [-0.25, -0.2) is 9.37 Å². The summed E-state index contributed by atoms with van der Waals surface area (Å²) in [6, 6.07) is 12.7. The van der Waals surface area contributed by atoms with Crippen LogP contribution < -0.4 is 11.1 Å². The Morgan fingerprint density at radius 1 is 1.18 bits per heavy atom. The molecule has 0 atom stereocenters. The zero-order valence-electron chi connectivity index (χ0n) is 11.3. The molecule has 0 spiro atoms. The summed E-state index contributed by atoms with van der Waals surface area (Å²) in [4.78, 5) is 20.3. The molecule has 0 unspecified atom stereocenters. The fourth-order valence-electron chi connectivity index (χ4n) is 1.83. The van der Waals surface area contributed by atoms with E-state index in [0.717, 1.165) is 10.2 Å². The van der Waals surface area contributed by atoms with E-state index in [1.165, 1.54) is 35.6 Å². The molecule has 0 bridgehead atoms. The molecule has 3 rings (SSSR count). The molecule has 110 valence electrons. The van der Waals surface area contributed by atoms with E-state index in [0.29, 0.717) is 10.7 Å². The number of fused-ring (bicyclic) bond motifs is 1. The average Bonchev–Trinajstić information content (AvgIpc) is 2.89. The number of benzene rings is 2. The zero-order chi connectivity index (χ0) is 15.5. The van der Waals surface area contributed by atoms with Gasteiger partial charge in [0.25, 0.3) is 5.91 Å². The third-order valence-corrected chi connectivity index (χ3v) is 3.78. The summed E-state index contributed by atoms with van der Waals surface area (Å²) < 4.78 is 13.8. The van der Waals surface area contributed by atoms with Crippen molar-refractivity contribution in [1.29, 1.82) is 0 Å². The lowest BCUT2D eigenvalue weighted by Gasteiger charge is -2.03. The van der Waals surface area contributed by atoms with E-state index in [9.17, 15) is 9.18 Å². The topological polar surface area (TPSA) is 80.4 Å². The first kappa shape index (κ1) is 14.2. The minimum absolute atomic E-state index is 0.0617. The molecule has 1 aromatic heterocycles. The number of aromatic nitrogens is 1. The van der Waals surface area contributed by atoms with E-state index in [-0.39, 0.29) is 5.96 Å². The summed E-state index contributed by atoms with van der Waals surface area (Å²) in [7, 11) is 0. The maximum atomic E-state index is 12.8. The molecule has 0 saturated carbocycles. The summed E-state index contributed by atoms with van der Waals surface area (Å²) in [5, 5.41) is 2.90. The first-order valence-corrected chi connectivity index (χ1v) is 7.20. The third kappa shape index (κ3) is 3.09. The first-order valence-electron chi connectivity index (χ1n) is 6.38. The number of hydrogen-bond donors (Lipinski definition) is 2. The number of carbonyl (C=O) groups is 1. The van der Waals surface area contributed by atoms with Crippen LogP contribution in [0.4, 0.5) is 9.52 Å². The zero-order valence-corrected chi connectivity index (χ0v) is 12.1. The van der Waals surface area contributed by atoms with Crippen LogP contribution in [0, 0.1) is 5.82 Å². The van der Waals surface area contributed by atoms with E-state index in [1.54, 1.807) is 0 Å². The molecule has 0 saturated heterocycles. The van der Waals surface area contributed by atoms with Crippen LogP contribution in [-0.2, 0) is 0 Å². The second-order valence-electron chi connectivity index (χ2n) is 4.42. The summed E-state index contributed by atoms with van der Waals surface area (Å²) >= 11 is 1.37. The Bertz CT molecular complexity index is 824. The van der Waals surface area contributed by atoms with Gasteiger partial charge >= 0.3 is 0 Å². The molecule has 0 radical (unpaired) electrons. The maximum absolute atomic E-state index is 12.8. The van der Waals surface area contributed by atoms with Crippen LogP contribution in [0.5, 0.6) is 0 Å². The van der Waals surface area contributed by atoms with Crippen LogP contribution in [0.3, 0.4) is 0 Å². The summed E-state index contributed by atoms with van der Waals surface area (Å²) in [6.07, 6.45) is 0. The molecule has 0 aliphatic heterocycles. The van der Waals surface area contributed by atoms with Crippen molar-refractivity contribution in [2.75, 3.05) is 0 Å². The standard InChI is InChI=1S/C15H11FN4OS/c16-10-7-5-9(6-8-10)13(21)19-14(17)20-15-18-11-3-1-2-4-12(11)22-15/h1-8H,(H3,17,18,19,20,21). The third-order valence-electron chi connectivity index (χ3n) is 2.85. The summed E-state index contributed by atoms with van der Waals surface area (Å²) in [5.41, 5.74) is 6.82. The van der Waals surface area contributed by atoms with Crippen LogP contribution in [0.25, 0.3) is 10.2 Å². The van der Waals surface area contributed by atoms with E-state index in [2.05, 4.69) is 15.3 Å². The van der Waals surface area contributed by atoms with Crippen LogP contribution >= 0.6 is 11.3 Å². The highest BCUT2D eigenvalue weighted by Gasteiger charge is 2.08. The molecule has 2 aromatic carbocycles. The highest BCUT2D eigenvalue weighted by atomic mass is 32.1. The van der Waals surface area contributed by atoms with Crippen LogP contribution in [0.15, 0.2) is 53.5 Å². The predicted molar refractivity (Wildman–Crippen MR) is 84.8 cm³/mol. The Balaban J connectivity index is 1.76. The highest BCUT2D eigenvalue weighted by molar-refractivity contribution is 7.22. The number of para-hydroxylation sites is 1. The fourth-order valence-corrected chi connectivity index (χ4v) is 2.68. The second kappa shape index (κ2) is 5.90. The van der Waals surface area contributed by atoms with Gasteiger partial charge < -0.3 is 5.73 Å². The molecule has 7 heteroatoms. The molecule has 0 aliphatic carbocycles.